The van der Waals surface area contributed by atoms with E-state index < -0.39 is 0 Å². The summed E-state index contributed by atoms with van der Waals surface area (Å²) in [6.07, 6.45) is 3.30. The van der Waals surface area contributed by atoms with Crippen LogP contribution < -0.4 is 0 Å². The second-order valence-corrected chi connectivity index (χ2v) is 4.86. The third-order valence-corrected chi connectivity index (χ3v) is 3.07. The van der Waals surface area contributed by atoms with Crippen molar-refractivity contribution in [2.24, 2.45) is 0 Å². The van der Waals surface area contributed by atoms with E-state index in [4.69, 9.17) is 5.26 Å². The van der Waals surface area contributed by atoms with Crippen molar-refractivity contribution in [1.82, 2.24) is 0 Å². The smallest absolute Gasteiger partial charge is 0.185 e. The molecule has 0 bridgehead atoms. The number of hydrogen-bond acceptors (Lipinski definition) is 2. The number of benzene rings is 2. The molecule has 0 amide bonds. The first-order valence-electron chi connectivity index (χ1n) is 5.67. The summed E-state index contributed by atoms with van der Waals surface area (Å²) in [5.74, 6) is -0.0792. The van der Waals surface area contributed by atoms with Crippen LogP contribution >= 0.6 is 15.9 Å². The van der Waals surface area contributed by atoms with Crippen molar-refractivity contribution in [2.75, 3.05) is 0 Å². The van der Waals surface area contributed by atoms with Gasteiger partial charge in [-0.05, 0) is 48.0 Å². The Bertz CT molecular complexity index is 666. The highest BCUT2D eigenvalue weighted by Gasteiger charge is 2.01. The monoisotopic (exact) mass is 311 g/mol. The van der Waals surface area contributed by atoms with Crippen LogP contribution in [-0.2, 0) is 0 Å². The Hall–Kier alpha value is -2.18. The van der Waals surface area contributed by atoms with Gasteiger partial charge in [0.2, 0.25) is 0 Å². The number of carbonyl (C=O) groups excluding carboxylic acids is 1. The van der Waals surface area contributed by atoms with E-state index in [9.17, 15) is 4.79 Å². The maximum absolute atomic E-state index is 11.9. The maximum atomic E-state index is 11.9. The van der Waals surface area contributed by atoms with Gasteiger partial charge in [-0.25, -0.2) is 0 Å². The molecule has 3 heteroatoms. The van der Waals surface area contributed by atoms with Crippen molar-refractivity contribution < 1.29 is 4.79 Å². The third kappa shape index (κ3) is 3.64. The molecular weight excluding hydrogens is 302 g/mol. The Morgan fingerprint density at radius 1 is 1.16 bits per heavy atom. The normalized spacial score (nSPS) is 10.3. The zero-order chi connectivity index (χ0) is 13.7. The fourth-order valence-corrected chi connectivity index (χ4v) is 2.00. The topological polar surface area (TPSA) is 40.9 Å². The molecule has 0 aliphatic heterocycles. The van der Waals surface area contributed by atoms with Crippen LogP contribution in [0.15, 0.2) is 59.1 Å². The lowest BCUT2D eigenvalue weighted by atomic mass is 10.1. The van der Waals surface area contributed by atoms with Gasteiger partial charge in [0.1, 0.15) is 0 Å². The Morgan fingerprint density at radius 3 is 2.53 bits per heavy atom. The highest BCUT2D eigenvalue weighted by Crippen LogP contribution is 2.13. The minimum absolute atomic E-state index is 0.0792. The summed E-state index contributed by atoms with van der Waals surface area (Å²) < 4.78 is 0.973. The summed E-state index contributed by atoms with van der Waals surface area (Å²) in [5, 5.41) is 8.69. The number of nitrogens with zero attached hydrogens (tertiary/aromatic N) is 1. The van der Waals surface area contributed by atoms with Crippen molar-refractivity contribution in [3.8, 4) is 6.07 Å². The van der Waals surface area contributed by atoms with Crippen LogP contribution in [-0.4, -0.2) is 5.78 Å². The zero-order valence-corrected chi connectivity index (χ0v) is 11.6. The van der Waals surface area contributed by atoms with E-state index in [1.807, 2.05) is 30.3 Å². The van der Waals surface area contributed by atoms with E-state index in [0.717, 1.165) is 10.0 Å². The molecule has 92 valence electrons. The van der Waals surface area contributed by atoms with Gasteiger partial charge in [0, 0.05) is 10.0 Å². The first-order valence-corrected chi connectivity index (χ1v) is 6.46. The first-order chi connectivity index (χ1) is 9.19. The molecule has 0 radical (unpaired) electrons. The number of carbonyl (C=O) groups is 1. The Labute approximate surface area is 120 Å². The van der Waals surface area contributed by atoms with Crippen molar-refractivity contribution in [3.05, 3.63) is 75.8 Å². The number of halogens is 1. The lowest BCUT2D eigenvalue weighted by molar-refractivity contribution is 0.104. The van der Waals surface area contributed by atoms with Crippen LogP contribution in [0.2, 0.25) is 0 Å². The molecule has 0 saturated carbocycles. The summed E-state index contributed by atoms with van der Waals surface area (Å²) in [7, 11) is 0. The van der Waals surface area contributed by atoms with Gasteiger partial charge >= 0.3 is 0 Å². The quantitative estimate of drug-likeness (QED) is 0.629. The van der Waals surface area contributed by atoms with E-state index in [-0.39, 0.29) is 5.78 Å². The van der Waals surface area contributed by atoms with Crippen LogP contribution in [0.5, 0.6) is 0 Å². The molecule has 0 spiro atoms. The highest BCUT2D eigenvalue weighted by molar-refractivity contribution is 9.10. The summed E-state index contributed by atoms with van der Waals surface area (Å²) in [4.78, 5) is 11.9. The number of ketones is 1. The zero-order valence-electron chi connectivity index (χ0n) is 10.0. The first kappa shape index (κ1) is 13.3. The van der Waals surface area contributed by atoms with Crippen molar-refractivity contribution >= 4 is 27.8 Å². The third-order valence-electron chi connectivity index (χ3n) is 2.57. The van der Waals surface area contributed by atoms with Crippen molar-refractivity contribution in [2.45, 2.75) is 0 Å². The minimum Gasteiger partial charge on any atom is -0.289 e. The average Bonchev–Trinajstić information content (AvgIpc) is 2.45. The predicted molar refractivity (Wildman–Crippen MR) is 78.7 cm³/mol. The van der Waals surface area contributed by atoms with Crippen LogP contribution in [0.4, 0.5) is 0 Å². The van der Waals surface area contributed by atoms with Crippen LogP contribution in [0.1, 0.15) is 21.5 Å². The number of allylic oxidation sites excluding steroid dienone is 1. The molecule has 0 atom stereocenters. The summed E-state index contributed by atoms with van der Waals surface area (Å²) in [5.41, 5.74) is 2.08. The standard InChI is InChI=1S/C16H10BrNO/c17-15-3-1-2-12(10-15)6-9-16(19)14-7-4-13(11-18)5-8-14/h1-10H. The van der Waals surface area contributed by atoms with Gasteiger partial charge in [0.15, 0.2) is 5.78 Å². The molecule has 0 aliphatic rings. The molecule has 19 heavy (non-hydrogen) atoms. The lowest BCUT2D eigenvalue weighted by Crippen LogP contribution is -1.93. The maximum Gasteiger partial charge on any atom is 0.185 e. The molecule has 2 aromatic carbocycles. The molecule has 0 saturated heterocycles. The second-order valence-electron chi connectivity index (χ2n) is 3.94. The second kappa shape index (κ2) is 6.12. The molecule has 0 N–H and O–H groups in total. The van der Waals surface area contributed by atoms with Crippen LogP contribution in [0.25, 0.3) is 6.08 Å². The fraction of sp³-hybridized carbons (Fsp3) is 0. The Morgan fingerprint density at radius 2 is 1.89 bits per heavy atom. The van der Waals surface area contributed by atoms with Crippen LogP contribution in [0.3, 0.4) is 0 Å². The number of nitriles is 1. The van der Waals surface area contributed by atoms with Gasteiger partial charge in [0.05, 0.1) is 11.6 Å². The summed E-state index contributed by atoms with van der Waals surface area (Å²) in [6, 6.07) is 16.3. The van der Waals surface area contributed by atoms with E-state index >= 15 is 0 Å². The molecule has 0 aromatic heterocycles. The SMILES string of the molecule is N#Cc1ccc(C(=O)C=Cc2cccc(Br)c2)cc1. The molecule has 2 aromatic rings. The van der Waals surface area contributed by atoms with Gasteiger partial charge in [0.25, 0.3) is 0 Å². The molecular formula is C16H10BrNO. The van der Waals surface area contributed by atoms with E-state index in [1.165, 1.54) is 6.08 Å². The minimum atomic E-state index is -0.0792. The largest absolute Gasteiger partial charge is 0.289 e. The Balaban J connectivity index is 2.14. The lowest BCUT2D eigenvalue weighted by Gasteiger charge is -1.97. The van der Waals surface area contributed by atoms with Gasteiger partial charge in [-0.2, -0.15) is 5.26 Å². The summed E-state index contributed by atoms with van der Waals surface area (Å²) >= 11 is 3.38. The number of rotatable bonds is 3. The molecule has 2 nitrogen and oxygen atoms in total. The number of hydrogen-bond donors (Lipinski definition) is 0. The van der Waals surface area contributed by atoms with Gasteiger partial charge in [-0.1, -0.05) is 34.1 Å². The fourth-order valence-electron chi connectivity index (χ4n) is 1.59. The van der Waals surface area contributed by atoms with E-state index in [1.54, 1.807) is 30.3 Å². The Kier molecular flexibility index (Phi) is 4.27. The van der Waals surface area contributed by atoms with E-state index in [2.05, 4.69) is 15.9 Å². The summed E-state index contributed by atoms with van der Waals surface area (Å²) in [6.45, 7) is 0. The molecule has 2 rings (SSSR count). The molecule has 0 heterocycles. The van der Waals surface area contributed by atoms with Gasteiger partial charge in [-0.3, -0.25) is 4.79 Å². The molecule has 0 unspecified atom stereocenters. The van der Waals surface area contributed by atoms with Gasteiger partial charge < -0.3 is 0 Å². The molecule has 0 fully saturated rings. The van der Waals surface area contributed by atoms with E-state index in [0.29, 0.717) is 11.1 Å². The van der Waals surface area contributed by atoms with Crippen LogP contribution in [0, 0.1) is 11.3 Å². The molecule has 0 aliphatic carbocycles. The van der Waals surface area contributed by atoms with Crippen molar-refractivity contribution in [1.29, 1.82) is 5.26 Å². The average molecular weight is 312 g/mol. The van der Waals surface area contributed by atoms with Crippen molar-refractivity contribution in [3.63, 3.8) is 0 Å². The predicted octanol–water partition coefficient (Wildman–Crippen LogP) is 4.22. The highest BCUT2D eigenvalue weighted by atomic mass is 79.9. The van der Waals surface area contributed by atoms with Gasteiger partial charge in [-0.15, -0.1) is 0 Å².